The Morgan fingerprint density at radius 2 is 2.16 bits per heavy atom. The van der Waals surface area contributed by atoms with Crippen LogP contribution in [0.15, 0.2) is 28.5 Å². The van der Waals surface area contributed by atoms with Crippen molar-refractivity contribution in [2.24, 2.45) is 0 Å². The highest BCUT2D eigenvalue weighted by atomic mass is 32.1. The van der Waals surface area contributed by atoms with E-state index in [-0.39, 0.29) is 17.2 Å². The molecule has 3 rings (SSSR count). The number of hydrogen-bond donors (Lipinski definition) is 1. The van der Waals surface area contributed by atoms with Gasteiger partial charge in [-0.1, -0.05) is 17.4 Å². The normalized spacial score (nSPS) is 14.5. The van der Waals surface area contributed by atoms with Crippen LogP contribution in [0.2, 0.25) is 0 Å². The number of carbonyl (C=O) groups is 1. The quantitative estimate of drug-likeness (QED) is 0.834. The van der Waals surface area contributed by atoms with E-state index in [9.17, 15) is 9.59 Å². The summed E-state index contributed by atoms with van der Waals surface area (Å²) in [5.74, 6) is 0.862. The number of pyridine rings is 1. The van der Waals surface area contributed by atoms with E-state index in [1.807, 2.05) is 24.4 Å². The van der Waals surface area contributed by atoms with Crippen molar-refractivity contribution in [2.45, 2.75) is 26.4 Å². The van der Waals surface area contributed by atoms with E-state index >= 15 is 0 Å². The molecule has 2 aromatic heterocycles. The Labute approximate surface area is 150 Å². The Morgan fingerprint density at radius 3 is 2.80 bits per heavy atom. The molecule has 0 radical (unpaired) electrons. The Balaban J connectivity index is 1.46. The molecule has 1 aliphatic heterocycles. The van der Waals surface area contributed by atoms with Crippen LogP contribution in [0, 0.1) is 6.92 Å². The molecule has 0 unspecified atom stereocenters. The first kappa shape index (κ1) is 17.6. The van der Waals surface area contributed by atoms with Crippen molar-refractivity contribution < 1.29 is 9.53 Å². The molecule has 8 heteroatoms. The average Bonchev–Trinajstić information content (AvgIpc) is 2.97. The highest BCUT2D eigenvalue weighted by Gasteiger charge is 2.12. The summed E-state index contributed by atoms with van der Waals surface area (Å²) < 4.78 is 6.96. The van der Waals surface area contributed by atoms with Gasteiger partial charge < -0.3 is 19.5 Å². The third kappa shape index (κ3) is 4.67. The van der Waals surface area contributed by atoms with Crippen molar-refractivity contribution in [3.05, 3.63) is 44.6 Å². The van der Waals surface area contributed by atoms with Gasteiger partial charge in [-0.15, -0.1) is 0 Å². The number of nitrogens with one attached hydrogen (secondary N) is 1. The molecular formula is C17H22N4O3S. The topological polar surface area (TPSA) is 76.5 Å². The van der Waals surface area contributed by atoms with Crippen LogP contribution < -0.4 is 15.1 Å². The van der Waals surface area contributed by atoms with Crippen molar-refractivity contribution in [3.63, 3.8) is 0 Å². The Bertz CT molecular complexity index is 763. The highest BCUT2D eigenvalue weighted by molar-refractivity contribution is 7.07. The smallest absolute Gasteiger partial charge is 0.307 e. The van der Waals surface area contributed by atoms with Crippen LogP contribution in [0.4, 0.5) is 5.82 Å². The van der Waals surface area contributed by atoms with E-state index in [4.69, 9.17) is 4.74 Å². The molecule has 1 aliphatic rings. The Kier molecular flexibility index (Phi) is 5.83. The average molecular weight is 362 g/mol. The lowest BCUT2D eigenvalue weighted by Crippen LogP contribution is -2.36. The van der Waals surface area contributed by atoms with Crippen LogP contribution in [-0.2, 0) is 22.6 Å². The summed E-state index contributed by atoms with van der Waals surface area (Å²) >= 11 is 1.16. The van der Waals surface area contributed by atoms with Crippen molar-refractivity contribution in [1.29, 1.82) is 0 Å². The largest absolute Gasteiger partial charge is 0.378 e. The molecule has 0 bridgehead atoms. The molecule has 0 spiro atoms. The molecule has 7 nitrogen and oxygen atoms in total. The molecule has 1 N–H and O–H groups in total. The van der Waals surface area contributed by atoms with Gasteiger partial charge in [-0.3, -0.25) is 9.59 Å². The first-order chi connectivity index (χ1) is 12.1. The van der Waals surface area contributed by atoms with Gasteiger partial charge in [0.25, 0.3) is 0 Å². The molecule has 1 saturated heterocycles. The maximum Gasteiger partial charge on any atom is 0.307 e. The second kappa shape index (κ2) is 8.26. The molecule has 0 aromatic carbocycles. The van der Waals surface area contributed by atoms with Gasteiger partial charge in [-0.25, -0.2) is 4.98 Å². The standard InChI is InChI=1S/C17H22N4O3S/c1-13-12-25-17(23)21(13)5-4-16(22)19-11-14-2-3-15(18-10-14)20-6-8-24-9-7-20/h2-3,10,12H,4-9,11H2,1H3,(H,19,22). The number of hydrogen-bond acceptors (Lipinski definition) is 6. The molecule has 1 amide bonds. The fraction of sp³-hybridized carbons (Fsp3) is 0.471. The Hall–Kier alpha value is -2.19. The van der Waals surface area contributed by atoms with E-state index in [0.29, 0.717) is 13.1 Å². The maximum absolute atomic E-state index is 12.0. The molecule has 2 aromatic rings. The van der Waals surface area contributed by atoms with Gasteiger partial charge >= 0.3 is 4.87 Å². The van der Waals surface area contributed by atoms with Crippen molar-refractivity contribution in [1.82, 2.24) is 14.9 Å². The molecule has 1 fully saturated rings. The molecule has 134 valence electrons. The number of amides is 1. The third-order valence-electron chi connectivity index (χ3n) is 4.17. The van der Waals surface area contributed by atoms with Crippen LogP contribution in [0.1, 0.15) is 17.7 Å². The van der Waals surface area contributed by atoms with Crippen molar-refractivity contribution in [2.75, 3.05) is 31.2 Å². The van der Waals surface area contributed by atoms with E-state index < -0.39 is 0 Å². The summed E-state index contributed by atoms with van der Waals surface area (Å²) in [6.07, 6.45) is 2.08. The van der Waals surface area contributed by atoms with Crippen LogP contribution in [0.25, 0.3) is 0 Å². The number of morpholine rings is 1. The van der Waals surface area contributed by atoms with Gasteiger partial charge in [0.1, 0.15) is 5.82 Å². The maximum atomic E-state index is 12.0. The van der Waals surface area contributed by atoms with Crippen molar-refractivity contribution >= 4 is 23.1 Å². The number of nitrogens with zero attached hydrogens (tertiary/aromatic N) is 3. The highest BCUT2D eigenvalue weighted by Crippen LogP contribution is 2.13. The monoisotopic (exact) mass is 362 g/mol. The second-order valence-corrected chi connectivity index (χ2v) is 6.77. The van der Waals surface area contributed by atoms with Crippen LogP contribution in [-0.4, -0.2) is 41.8 Å². The predicted octanol–water partition coefficient (Wildman–Crippen LogP) is 1.16. The summed E-state index contributed by atoms with van der Waals surface area (Å²) in [6, 6.07) is 3.95. The number of aryl methyl sites for hydroxylation is 1. The van der Waals surface area contributed by atoms with E-state index in [2.05, 4.69) is 15.2 Å². The summed E-state index contributed by atoms with van der Waals surface area (Å²) in [4.78, 5) is 30.2. The molecule has 3 heterocycles. The number of aromatic nitrogens is 2. The minimum atomic E-state index is -0.0743. The van der Waals surface area contributed by atoms with Crippen LogP contribution in [0.3, 0.4) is 0 Å². The summed E-state index contributed by atoms with van der Waals surface area (Å²) in [6.45, 7) is 5.88. The second-order valence-electron chi connectivity index (χ2n) is 5.95. The number of anilines is 1. The lowest BCUT2D eigenvalue weighted by Gasteiger charge is -2.27. The fourth-order valence-electron chi connectivity index (χ4n) is 2.68. The number of rotatable bonds is 6. The lowest BCUT2D eigenvalue weighted by atomic mass is 10.2. The first-order valence-corrected chi connectivity index (χ1v) is 9.21. The molecular weight excluding hydrogens is 340 g/mol. The van der Waals surface area contributed by atoms with E-state index in [0.717, 1.165) is 54.7 Å². The van der Waals surface area contributed by atoms with Gasteiger partial charge in [-0.2, -0.15) is 0 Å². The van der Waals surface area contributed by atoms with Crippen LogP contribution in [0.5, 0.6) is 0 Å². The minimum absolute atomic E-state index is 0.0202. The summed E-state index contributed by atoms with van der Waals surface area (Å²) in [7, 11) is 0. The summed E-state index contributed by atoms with van der Waals surface area (Å²) in [5.41, 5.74) is 1.85. The zero-order valence-electron chi connectivity index (χ0n) is 14.2. The predicted molar refractivity (Wildman–Crippen MR) is 97.0 cm³/mol. The molecule has 0 saturated carbocycles. The fourth-order valence-corrected chi connectivity index (χ4v) is 3.44. The van der Waals surface area contributed by atoms with Gasteiger partial charge in [-0.05, 0) is 18.6 Å². The van der Waals surface area contributed by atoms with Gasteiger partial charge in [0.15, 0.2) is 0 Å². The zero-order valence-corrected chi connectivity index (χ0v) is 15.1. The molecule has 25 heavy (non-hydrogen) atoms. The number of carbonyl (C=O) groups excluding carboxylic acids is 1. The minimum Gasteiger partial charge on any atom is -0.378 e. The van der Waals surface area contributed by atoms with Gasteiger partial charge in [0.2, 0.25) is 5.91 Å². The third-order valence-corrected chi connectivity index (χ3v) is 5.05. The number of ether oxygens (including phenoxy) is 1. The van der Waals surface area contributed by atoms with Gasteiger partial charge in [0.05, 0.1) is 13.2 Å². The lowest BCUT2D eigenvalue weighted by molar-refractivity contribution is -0.121. The van der Waals surface area contributed by atoms with E-state index in [1.54, 1.807) is 10.8 Å². The van der Waals surface area contributed by atoms with Gasteiger partial charge in [0, 0.05) is 49.9 Å². The van der Waals surface area contributed by atoms with Crippen molar-refractivity contribution in [3.8, 4) is 0 Å². The Morgan fingerprint density at radius 1 is 1.36 bits per heavy atom. The zero-order chi connectivity index (χ0) is 17.6. The molecule has 0 aliphatic carbocycles. The van der Waals surface area contributed by atoms with E-state index in [1.165, 1.54) is 0 Å². The molecule has 0 atom stereocenters. The SMILES string of the molecule is Cc1csc(=O)n1CCC(=O)NCc1ccc(N2CCOCC2)nc1. The summed E-state index contributed by atoms with van der Waals surface area (Å²) in [5, 5.41) is 4.68. The van der Waals surface area contributed by atoms with Crippen LogP contribution >= 0.6 is 11.3 Å². The number of thiazole rings is 1. The first-order valence-electron chi connectivity index (χ1n) is 8.33.